The molecule has 1 N–H and O–H groups in total. The van der Waals surface area contributed by atoms with Gasteiger partial charge in [0, 0.05) is 13.1 Å². The van der Waals surface area contributed by atoms with Crippen LogP contribution < -0.4 is 10.1 Å². The third kappa shape index (κ3) is 4.98. The third-order valence-electron chi connectivity index (χ3n) is 5.78. The standard InChI is InChI=1S/C22H28N2O6/c1-14(20(26)23-13-15-7-9-16(29-2)10-8-15)30-19(25)11-12-24-21(27)17-5-3-4-6-18(17)22(24)28/h7-10,14,17-18H,3-6,11-13H2,1-2H3,(H,23,26)/t14-,17-,18-/m0/s1. The summed E-state index contributed by atoms with van der Waals surface area (Å²) in [5.74, 6) is -1.13. The van der Waals surface area contributed by atoms with Gasteiger partial charge in [-0.1, -0.05) is 25.0 Å². The van der Waals surface area contributed by atoms with Crippen molar-refractivity contribution in [3.63, 3.8) is 0 Å². The predicted octanol–water partition coefficient (Wildman–Crippen LogP) is 1.81. The molecule has 3 amide bonds. The summed E-state index contributed by atoms with van der Waals surface area (Å²) in [5.41, 5.74) is 0.884. The van der Waals surface area contributed by atoms with E-state index in [9.17, 15) is 19.2 Å². The second-order valence-corrected chi connectivity index (χ2v) is 7.77. The highest BCUT2D eigenvalue weighted by Crippen LogP contribution is 2.37. The van der Waals surface area contributed by atoms with Gasteiger partial charge in [-0.25, -0.2) is 0 Å². The van der Waals surface area contributed by atoms with Crippen LogP contribution in [0.2, 0.25) is 0 Å². The lowest BCUT2D eigenvalue weighted by atomic mass is 9.81. The zero-order valence-corrected chi connectivity index (χ0v) is 17.4. The molecule has 0 spiro atoms. The van der Waals surface area contributed by atoms with E-state index in [0.717, 1.165) is 37.0 Å². The van der Waals surface area contributed by atoms with Crippen LogP contribution in [0.4, 0.5) is 0 Å². The number of methoxy groups -OCH3 is 1. The highest BCUT2D eigenvalue weighted by molar-refractivity contribution is 6.05. The van der Waals surface area contributed by atoms with Crippen LogP contribution in [0.5, 0.6) is 5.75 Å². The monoisotopic (exact) mass is 416 g/mol. The van der Waals surface area contributed by atoms with E-state index < -0.39 is 18.0 Å². The Bertz CT molecular complexity index is 782. The number of amides is 3. The molecule has 1 heterocycles. The van der Waals surface area contributed by atoms with Crippen molar-refractivity contribution >= 4 is 23.7 Å². The Morgan fingerprint density at radius 3 is 2.27 bits per heavy atom. The van der Waals surface area contributed by atoms with Crippen molar-refractivity contribution < 1.29 is 28.7 Å². The fraction of sp³-hybridized carbons (Fsp3) is 0.545. The van der Waals surface area contributed by atoms with Crippen LogP contribution in [0.15, 0.2) is 24.3 Å². The van der Waals surface area contributed by atoms with Crippen molar-refractivity contribution in [3.8, 4) is 5.75 Å². The molecule has 2 aliphatic rings. The lowest BCUT2D eigenvalue weighted by Crippen LogP contribution is -2.37. The zero-order valence-electron chi connectivity index (χ0n) is 17.4. The minimum atomic E-state index is -0.969. The number of carbonyl (C=O) groups is 4. The van der Waals surface area contributed by atoms with E-state index in [0.29, 0.717) is 6.54 Å². The number of fused-ring (bicyclic) bond motifs is 1. The van der Waals surface area contributed by atoms with Crippen LogP contribution in [0.1, 0.15) is 44.6 Å². The second-order valence-electron chi connectivity index (χ2n) is 7.77. The predicted molar refractivity (Wildman–Crippen MR) is 107 cm³/mol. The Hall–Kier alpha value is -2.90. The van der Waals surface area contributed by atoms with Gasteiger partial charge < -0.3 is 14.8 Å². The fourth-order valence-electron chi connectivity index (χ4n) is 4.04. The van der Waals surface area contributed by atoms with Crippen molar-refractivity contribution in [2.45, 2.75) is 51.7 Å². The number of rotatable bonds is 8. The van der Waals surface area contributed by atoms with Crippen molar-refractivity contribution in [3.05, 3.63) is 29.8 Å². The molecule has 8 heteroatoms. The second kappa shape index (κ2) is 9.73. The number of likely N-dealkylation sites (tertiary alicyclic amines) is 1. The molecule has 162 valence electrons. The van der Waals surface area contributed by atoms with Crippen molar-refractivity contribution in [1.82, 2.24) is 10.2 Å². The molecule has 30 heavy (non-hydrogen) atoms. The van der Waals surface area contributed by atoms with Crippen LogP contribution in [0, 0.1) is 11.8 Å². The van der Waals surface area contributed by atoms with Crippen LogP contribution >= 0.6 is 0 Å². The maximum absolute atomic E-state index is 12.4. The van der Waals surface area contributed by atoms with E-state index in [-0.39, 0.29) is 36.6 Å². The average molecular weight is 416 g/mol. The van der Waals surface area contributed by atoms with Crippen LogP contribution in [-0.4, -0.2) is 48.3 Å². The molecule has 0 aromatic heterocycles. The number of nitrogens with zero attached hydrogens (tertiary/aromatic N) is 1. The van der Waals surface area contributed by atoms with Gasteiger partial charge in [0.15, 0.2) is 6.10 Å². The maximum Gasteiger partial charge on any atom is 0.308 e. The first-order chi connectivity index (χ1) is 14.4. The smallest absolute Gasteiger partial charge is 0.308 e. The molecular weight excluding hydrogens is 388 g/mol. The molecule has 8 nitrogen and oxygen atoms in total. The molecule has 1 aliphatic carbocycles. The van der Waals surface area contributed by atoms with Gasteiger partial charge in [0.1, 0.15) is 5.75 Å². The van der Waals surface area contributed by atoms with Gasteiger partial charge in [0.25, 0.3) is 5.91 Å². The zero-order chi connectivity index (χ0) is 21.7. The Kier molecular flexibility index (Phi) is 7.07. The molecule has 3 rings (SSSR count). The number of ether oxygens (including phenoxy) is 2. The van der Waals surface area contributed by atoms with E-state index in [1.807, 2.05) is 12.1 Å². The highest BCUT2D eigenvalue weighted by atomic mass is 16.5. The Morgan fingerprint density at radius 2 is 1.70 bits per heavy atom. The fourth-order valence-corrected chi connectivity index (χ4v) is 4.04. The van der Waals surface area contributed by atoms with E-state index in [1.165, 1.54) is 11.8 Å². The quantitative estimate of drug-likeness (QED) is 0.512. The summed E-state index contributed by atoms with van der Waals surface area (Å²) in [6.45, 7) is 1.79. The van der Waals surface area contributed by atoms with Crippen LogP contribution in [0.25, 0.3) is 0 Å². The number of benzene rings is 1. The molecule has 1 saturated heterocycles. The lowest BCUT2D eigenvalue weighted by molar-refractivity contribution is -0.155. The maximum atomic E-state index is 12.4. The minimum absolute atomic E-state index is 0.00366. The first kappa shape index (κ1) is 21.8. The van der Waals surface area contributed by atoms with Gasteiger partial charge >= 0.3 is 5.97 Å². The van der Waals surface area contributed by atoms with Gasteiger partial charge in [0.2, 0.25) is 11.8 Å². The Morgan fingerprint density at radius 1 is 1.10 bits per heavy atom. The number of hydrogen-bond acceptors (Lipinski definition) is 6. The van der Waals surface area contributed by atoms with Gasteiger partial charge in [0.05, 0.1) is 25.4 Å². The molecular formula is C22H28N2O6. The van der Waals surface area contributed by atoms with E-state index >= 15 is 0 Å². The van der Waals surface area contributed by atoms with Gasteiger partial charge in [-0.15, -0.1) is 0 Å². The van der Waals surface area contributed by atoms with Gasteiger partial charge in [-0.3, -0.25) is 24.1 Å². The van der Waals surface area contributed by atoms with Crippen LogP contribution in [-0.2, 0) is 30.5 Å². The average Bonchev–Trinajstić information content (AvgIpc) is 3.01. The highest BCUT2D eigenvalue weighted by Gasteiger charge is 2.47. The summed E-state index contributed by atoms with van der Waals surface area (Å²) in [6, 6.07) is 7.25. The van der Waals surface area contributed by atoms with Crippen molar-refractivity contribution in [1.29, 1.82) is 0 Å². The van der Waals surface area contributed by atoms with Crippen LogP contribution in [0.3, 0.4) is 0 Å². The summed E-state index contributed by atoms with van der Waals surface area (Å²) in [5, 5.41) is 2.71. The number of nitrogens with one attached hydrogen (secondary N) is 1. The number of imide groups is 1. The summed E-state index contributed by atoms with van der Waals surface area (Å²) in [6.07, 6.45) is 2.30. The number of hydrogen-bond donors (Lipinski definition) is 1. The molecule has 3 atom stereocenters. The SMILES string of the molecule is COc1ccc(CNC(=O)[C@H](C)OC(=O)CCN2C(=O)[C@H]3CCCC[C@@H]3C2=O)cc1. The molecule has 1 aliphatic heterocycles. The first-order valence-electron chi connectivity index (χ1n) is 10.4. The lowest BCUT2D eigenvalue weighted by Gasteiger charge is -2.19. The summed E-state index contributed by atoms with van der Waals surface area (Å²) < 4.78 is 10.3. The normalized spacial score (nSPS) is 21.7. The molecule has 0 bridgehead atoms. The van der Waals surface area contributed by atoms with Crippen molar-refractivity contribution in [2.24, 2.45) is 11.8 Å². The topological polar surface area (TPSA) is 102 Å². The summed E-state index contributed by atoms with van der Waals surface area (Å²) in [7, 11) is 1.58. The van der Waals surface area contributed by atoms with E-state index in [2.05, 4.69) is 5.32 Å². The number of esters is 1. The molecule has 2 fully saturated rings. The molecule has 0 radical (unpaired) electrons. The first-order valence-corrected chi connectivity index (χ1v) is 10.4. The molecule has 1 saturated carbocycles. The summed E-state index contributed by atoms with van der Waals surface area (Å²) >= 11 is 0. The minimum Gasteiger partial charge on any atom is -0.497 e. The molecule has 1 aromatic rings. The van der Waals surface area contributed by atoms with Crippen molar-refractivity contribution in [2.75, 3.05) is 13.7 Å². The van der Waals surface area contributed by atoms with E-state index in [4.69, 9.17) is 9.47 Å². The third-order valence-corrected chi connectivity index (χ3v) is 5.78. The Labute approximate surface area is 175 Å². The molecule has 0 unspecified atom stereocenters. The Balaban J connectivity index is 1.42. The summed E-state index contributed by atoms with van der Waals surface area (Å²) in [4.78, 5) is 50.4. The van der Waals surface area contributed by atoms with Gasteiger partial charge in [-0.05, 0) is 37.5 Å². The van der Waals surface area contributed by atoms with Gasteiger partial charge in [-0.2, -0.15) is 0 Å². The molecule has 1 aromatic carbocycles. The number of carbonyl (C=O) groups excluding carboxylic acids is 4. The largest absolute Gasteiger partial charge is 0.497 e. The van der Waals surface area contributed by atoms with E-state index in [1.54, 1.807) is 19.2 Å².